The van der Waals surface area contributed by atoms with E-state index in [9.17, 15) is 24.0 Å². The molecule has 2 fully saturated rings. The van der Waals surface area contributed by atoms with E-state index in [0.717, 1.165) is 24.2 Å². The van der Waals surface area contributed by atoms with Gasteiger partial charge in [0.05, 0.1) is 6.54 Å². The number of carbonyl (C=O) groups excluding carboxylic acids is 5. The second kappa shape index (κ2) is 7.41. The number of nitrogens with one attached hydrogen (secondary N) is 2. The van der Waals surface area contributed by atoms with E-state index < -0.39 is 36.2 Å². The van der Waals surface area contributed by atoms with Crippen molar-refractivity contribution in [3.8, 4) is 0 Å². The number of urea groups is 1. The van der Waals surface area contributed by atoms with Gasteiger partial charge < -0.3 is 10.6 Å². The summed E-state index contributed by atoms with van der Waals surface area (Å²) in [6.07, 6.45) is 3.49. The zero-order valence-electron chi connectivity index (χ0n) is 13.8. The highest BCUT2D eigenvalue weighted by atomic mass is 16.2. The molecule has 0 aromatic rings. The molecule has 6 amide bonds. The molecule has 0 aromatic heterocycles. The molecule has 0 unspecified atom stereocenters. The SMILES string of the molecule is CNC(=O)CNC(=O)CN1C(=O)C(=O)N([C@@H]2CCCC[C@@H]2C)C1=O. The molecule has 2 atom stereocenters. The highest BCUT2D eigenvalue weighted by Gasteiger charge is 2.49. The lowest BCUT2D eigenvalue weighted by Gasteiger charge is -2.34. The molecule has 9 nitrogen and oxygen atoms in total. The van der Waals surface area contributed by atoms with Gasteiger partial charge in [-0.25, -0.2) is 9.69 Å². The number of rotatable bonds is 5. The van der Waals surface area contributed by atoms with Gasteiger partial charge in [-0.05, 0) is 18.8 Å². The van der Waals surface area contributed by atoms with E-state index in [-0.39, 0.29) is 18.5 Å². The van der Waals surface area contributed by atoms with Crippen molar-refractivity contribution in [3.05, 3.63) is 0 Å². The topological polar surface area (TPSA) is 116 Å². The van der Waals surface area contributed by atoms with Crippen molar-refractivity contribution in [1.29, 1.82) is 0 Å². The molecule has 0 bridgehead atoms. The van der Waals surface area contributed by atoms with Gasteiger partial charge in [-0.15, -0.1) is 0 Å². The van der Waals surface area contributed by atoms with Crippen LogP contribution in [0.25, 0.3) is 0 Å². The van der Waals surface area contributed by atoms with Crippen molar-refractivity contribution in [2.24, 2.45) is 5.92 Å². The van der Waals surface area contributed by atoms with Crippen molar-refractivity contribution >= 4 is 29.7 Å². The Morgan fingerprint density at radius 2 is 1.75 bits per heavy atom. The zero-order chi connectivity index (χ0) is 17.9. The molecule has 1 aliphatic heterocycles. The van der Waals surface area contributed by atoms with Gasteiger partial charge in [-0.3, -0.25) is 24.1 Å². The molecule has 0 radical (unpaired) electrons. The average Bonchev–Trinajstić information content (AvgIpc) is 2.77. The van der Waals surface area contributed by atoms with Gasteiger partial charge in [0.1, 0.15) is 6.54 Å². The first kappa shape index (κ1) is 17.9. The number of carbonyl (C=O) groups is 5. The minimum absolute atomic E-state index is 0.126. The van der Waals surface area contributed by atoms with Crippen LogP contribution in [0.4, 0.5) is 4.79 Å². The van der Waals surface area contributed by atoms with Gasteiger partial charge in [0.2, 0.25) is 11.8 Å². The molecule has 9 heteroatoms. The molecule has 0 aromatic carbocycles. The van der Waals surface area contributed by atoms with Crippen molar-refractivity contribution in [2.75, 3.05) is 20.1 Å². The summed E-state index contributed by atoms with van der Waals surface area (Å²) in [6.45, 7) is 1.12. The van der Waals surface area contributed by atoms with E-state index in [0.29, 0.717) is 11.3 Å². The molecule has 2 rings (SSSR count). The fourth-order valence-corrected chi connectivity index (χ4v) is 3.10. The van der Waals surface area contributed by atoms with Crippen LogP contribution < -0.4 is 10.6 Å². The van der Waals surface area contributed by atoms with E-state index in [1.165, 1.54) is 7.05 Å². The number of hydrogen-bond acceptors (Lipinski definition) is 5. The molecule has 2 aliphatic rings. The lowest BCUT2D eigenvalue weighted by molar-refractivity contribution is -0.145. The standard InChI is InChI=1S/C15H22N4O5/c1-9-5-3-4-6-10(9)19-14(23)13(22)18(15(19)24)8-12(21)17-7-11(20)16-2/h9-10H,3-8H2,1-2H3,(H,16,20)(H,17,21)/t9-,10+/m0/s1. The first-order valence-electron chi connectivity index (χ1n) is 8.03. The smallest absolute Gasteiger partial charge is 0.334 e. The number of nitrogens with zero attached hydrogens (tertiary/aromatic N) is 2. The Labute approximate surface area is 139 Å². The molecule has 1 aliphatic carbocycles. The molecule has 1 saturated carbocycles. The van der Waals surface area contributed by atoms with E-state index in [2.05, 4.69) is 10.6 Å². The van der Waals surface area contributed by atoms with Gasteiger partial charge in [0.15, 0.2) is 0 Å². The third-order valence-electron chi connectivity index (χ3n) is 4.51. The number of likely N-dealkylation sites (N-methyl/N-ethyl adjacent to an activating group) is 1. The Hall–Kier alpha value is -2.45. The summed E-state index contributed by atoms with van der Waals surface area (Å²) in [5, 5.41) is 4.62. The van der Waals surface area contributed by atoms with Crippen LogP contribution in [0.2, 0.25) is 0 Å². The number of hydrogen-bond donors (Lipinski definition) is 2. The predicted octanol–water partition coefficient (Wildman–Crippen LogP) is -0.782. The highest BCUT2D eigenvalue weighted by molar-refractivity contribution is 6.45. The summed E-state index contributed by atoms with van der Waals surface area (Å²) < 4.78 is 0. The Bertz CT molecular complexity index is 576. The van der Waals surface area contributed by atoms with Gasteiger partial charge >= 0.3 is 17.8 Å². The van der Waals surface area contributed by atoms with Crippen LogP contribution in [-0.4, -0.2) is 65.6 Å². The summed E-state index contributed by atoms with van der Waals surface area (Å²) in [5.74, 6) is -2.82. The van der Waals surface area contributed by atoms with Crippen LogP contribution in [-0.2, 0) is 19.2 Å². The molecule has 0 spiro atoms. The molecular formula is C15H22N4O5. The monoisotopic (exact) mass is 338 g/mol. The fourth-order valence-electron chi connectivity index (χ4n) is 3.10. The quantitative estimate of drug-likeness (QED) is 0.504. The Morgan fingerprint density at radius 3 is 2.38 bits per heavy atom. The van der Waals surface area contributed by atoms with Crippen LogP contribution in [0, 0.1) is 5.92 Å². The third-order valence-corrected chi connectivity index (χ3v) is 4.51. The minimum atomic E-state index is -0.993. The summed E-state index contributed by atoms with van der Waals surface area (Å²) >= 11 is 0. The van der Waals surface area contributed by atoms with Gasteiger partial charge in [0, 0.05) is 13.1 Å². The number of imide groups is 2. The van der Waals surface area contributed by atoms with E-state index >= 15 is 0 Å². The fraction of sp³-hybridized carbons (Fsp3) is 0.667. The average molecular weight is 338 g/mol. The lowest BCUT2D eigenvalue weighted by atomic mass is 9.85. The van der Waals surface area contributed by atoms with E-state index in [1.54, 1.807) is 0 Å². The maximum Gasteiger partial charge on any atom is 0.334 e. The minimum Gasteiger partial charge on any atom is -0.358 e. The molecule has 132 valence electrons. The summed E-state index contributed by atoms with van der Waals surface area (Å²) in [5.41, 5.74) is 0. The van der Waals surface area contributed by atoms with E-state index in [4.69, 9.17) is 0 Å². The predicted molar refractivity (Wildman–Crippen MR) is 82.5 cm³/mol. The van der Waals surface area contributed by atoms with Crippen LogP contribution in [0.15, 0.2) is 0 Å². The summed E-state index contributed by atoms with van der Waals surface area (Å²) in [7, 11) is 1.42. The molecular weight excluding hydrogens is 316 g/mol. The first-order valence-corrected chi connectivity index (χ1v) is 8.03. The second-order valence-corrected chi connectivity index (χ2v) is 6.13. The molecule has 1 heterocycles. The number of amides is 6. The lowest BCUT2D eigenvalue weighted by Crippen LogP contribution is -2.47. The van der Waals surface area contributed by atoms with Crippen LogP contribution >= 0.6 is 0 Å². The maximum absolute atomic E-state index is 12.5. The zero-order valence-corrected chi connectivity index (χ0v) is 13.8. The first-order chi connectivity index (χ1) is 11.4. The highest BCUT2D eigenvalue weighted by Crippen LogP contribution is 2.31. The third kappa shape index (κ3) is 3.55. The Morgan fingerprint density at radius 1 is 1.08 bits per heavy atom. The van der Waals surface area contributed by atoms with Gasteiger partial charge in [0.25, 0.3) is 0 Å². The Balaban J connectivity index is 2.03. The van der Waals surface area contributed by atoms with Crippen LogP contribution in [0.5, 0.6) is 0 Å². The molecule has 1 saturated heterocycles. The Kier molecular flexibility index (Phi) is 5.53. The maximum atomic E-state index is 12.5. The van der Waals surface area contributed by atoms with Crippen molar-refractivity contribution < 1.29 is 24.0 Å². The molecule has 24 heavy (non-hydrogen) atoms. The largest absolute Gasteiger partial charge is 0.358 e. The van der Waals surface area contributed by atoms with Crippen molar-refractivity contribution in [2.45, 2.75) is 38.6 Å². The van der Waals surface area contributed by atoms with Gasteiger partial charge in [-0.2, -0.15) is 0 Å². The molecule has 2 N–H and O–H groups in total. The van der Waals surface area contributed by atoms with Crippen LogP contribution in [0.1, 0.15) is 32.6 Å². The normalized spacial score (nSPS) is 24.3. The van der Waals surface area contributed by atoms with E-state index in [1.807, 2.05) is 6.92 Å². The van der Waals surface area contributed by atoms with Crippen molar-refractivity contribution in [1.82, 2.24) is 20.4 Å². The van der Waals surface area contributed by atoms with Crippen molar-refractivity contribution in [3.63, 3.8) is 0 Å². The van der Waals surface area contributed by atoms with Gasteiger partial charge in [-0.1, -0.05) is 19.8 Å². The van der Waals surface area contributed by atoms with Crippen LogP contribution in [0.3, 0.4) is 0 Å². The summed E-state index contributed by atoms with van der Waals surface area (Å²) in [6, 6.07) is -1.06. The summed E-state index contributed by atoms with van der Waals surface area (Å²) in [4.78, 5) is 61.2. The second-order valence-electron chi connectivity index (χ2n) is 6.13.